The predicted octanol–water partition coefficient (Wildman–Crippen LogP) is 2.60. The van der Waals surface area contributed by atoms with Gasteiger partial charge in [-0.15, -0.1) is 11.8 Å². The highest BCUT2D eigenvalue weighted by Gasteiger charge is 2.23. The van der Waals surface area contributed by atoms with E-state index in [-0.39, 0.29) is 5.82 Å². The molecule has 2 nitrogen and oxygen atoms in total. The van der Waals surface area contributed by atoms with Gasteiger partial charge in [-0.05, 0) is 25.1 Å². The van der Waals surface area contributed by atoms with E-state index in [0.717, 1.165) is 36.8 Å². The van der Waals surface area contributed by atoms with Gasteiger partial charge in [-0.25, -0.2) is 4.39 Å². The Kier molecular flexibility index (Phi) is 5.47. The lowest BCUT2D eigenvalue weighted by atomic mass is 10.1. The molecule has 1 aliphatic rings. The van der Waals surface area contributed by atoms with E-state index in [4.69, 9.17) is 0 Å². The number of thioether (sulfide) groups is 1. The van der Waals surface area contributed by atoms with Crippen LogP contribution in [0.2, 0.25) is 0 Å². The van der Waals surface area contributed by atoms with E-state index < -0.39 is 0 Å². The molecule has 4 heteroatoms. The van der Waals surface area contributed by atoms with Gasteiger partial charge < -0.3 is 5.32 Å². The molecule has 0 aliphatic carbocycles. The van der Waals surface area contributed by atoms with Gasteiger partial charge in [0.25, 0.3) is 0 Å². The Labute approximate surface area is 113 Å². The van der Waals surface area contributed by atoms with Crippen molar-refractivity contribution in [3.63, 3.8) is 0 Å². The lowest BCUT2D eigenvalue weighted by molar-refractivity contribution is 0.154. The van der Waals surface area contributed by atoms with Crippen LogP contribution in [0.3, 0.4) is 0 Å². The van der Waals surface area contributed by atoms with E-state index in [1.54, 1.807) is 17.8 Å². The van der Waals surface area contributed by atoms with Gasteiger partial charge in [0, 0.05) is 36.3 Å². The molecular weight excluding hydrogens is 247 g/mol. The third-order valence-electron chi connectivity index (χ3n) is 3.26. The van der Waals surface area contributed by atoms with Crippen molar-refractivity contribution in [2.45, 2.75) is 24.3 Å². The molecule has 1 N–H and O–H groups in total. The molecular formula is C14H21FN2S. The van der Waals surface area contributed by atoms with Crippen LogP contribution in [-0.4, -0.2) is 42.9 Å². The van der Waals surface area contributed by atoms with Crippen molar-refractivity contribution >= 4 is 11.8 Å². The Morgan fingerprint density at radius 3 is 2.72 bits per heavy atom. The van der Waals surface area contributed by atoms with Crippen LogP contribution in [0.4, 0.5) is 4.39 Å². The molecule has 0 spiro atoms. The summed E-state index contributed by atoms with van der Waals surface area (Å²) < 4.78 is 13.5. The lowest BCUT2D eigenvalue weighted by Gasteiger charge is -2.38. The molecule has 1 heterocycles. The molecule has 0 radical (unpaired) electrons. The maximum Gasteiger partial charge on any atom is 0.136 e. The van der Waals surface area contributed by atoms with Gasteiger partial charge in [0.1, 0.15) is 5.82 Å². The quantitative estimate of drug-likeness (QED) is 0.765. The van der Waals surface area contributed by atoms with Gasteiger partial charge in [0.05, 0.1) is 0 Å². The van der Waals surface area contributed by atoms with E-state index in [9.17, 15) is 4.39 Å². The van der Waals surface area contributed by atoms with Crippen LogP contribution in [-0.2, 0) is 0 Å². The zero-order valence-electron chi connectivity index (χ0n) is 10.9. The fraction of sp³-hybridized carbons (Fsp3) is 0.571. The summed E-state index contributed by atoms with van der Waals surface area (Å²) in [5.41, 5.74) is 0. The third-order valence-corrected chi connectivity index (χ3v) is 4.29. The van der Waals surface area contributed by atoms with Crippen LogP contribution in [0.1, 0.15) is 13.3 Å². The summed E-state index contributed by atoms with van der Waals surface area (Å²) in [4.78, 5) is 3.28. The molecule has 1 fully saturated rings. The van der Waals surface area contributed by atoms with Crippen LogP contribution in [0.15, 0.2) is 29.2 Å². The van der Waals surface area contributed by atoms with Crippen molar-refractivity contribution in [3.05, 3.63) is 30.1 Å². The van der Waals surface area contributed by atoms with Crippen LogP contribution >= 0.6 is 11.8 Å². The molecule has 18 heavy (non-hydrogen) atoms. The minimum absolute atomic E-state index is 0.102. The number of rotatable bonds is 7. The predicted molar refractivity (Wildman–Crippen MR) is 75.6 cm³/mol. The van der Waals surface area contributed by atoms with Crippen molar-refractivity contribution in [1.29, 1.82) is 0 Å². The Morgan fingerprint density at radius 2 is 2.11 bits per heavy atom. The van der Waals surface area contributed by atoms with Crippen molar-refractivity contribution in [3.8, 4) is 0 Å². The van der Waals surface area contributed by atoms with Gasteiger partial charge in [-0.2, -0.15) is 0 Å². The molecule has 2 rings (SSSR count). The number of hydrogen-bond acceptors (Lipinski definition) is 3. The number of hydrogen-bond donors (Lipinski definition) is 1. The molecule has 1 aromatic carbocycles. The summed E-state index contributed by atoms with van der Waals surface area (Å²) in [6, 6.07) is 7.71. The second-order valence-corrected chi connectivity index (χ2v) is 5.76. The smallest absolute Gasteiger partial charge is 0.136 e. The van der Waals surface area contributed by atoms with Crippen LogP contribution in [0, 0.1) is 5.82 Å². The first kappa shape index (κ1) is 13.8. The third kappa shape index (κ3) is 3.70. The highest BCUT2D eigenvalue weighted by Crippen LogP contribution is 2.21. The summed E-state index contributed by atoms with van der Waals surface area (Å²) in [7, 11) is 0. The van der Waals surface area contributed by atoms with Gasteiger partial charge in [-0.3, -0.25) is 4.90 Å². The molecule has 0 aromatic heterocycles. The average Bonchev–Trinajstić information content (AvgIpc) is 2.29. The highest BCUT2D eigenvalue weighted by atomic mass is 32.2. The Morgan fingerprint density at radius 1 is 1.33 bits per heavy atom. The Bertz CT molecular complexity index is 369. The van der Waals surface area contributed by atoms with Crippen LogP contribution < -0.4 is 5.32 Å². The molecule has 0 atom stereocenters. The number of halogens is 1. The van der Waals surface area contributed by atoms with Gasteiger partial charge in [0.2, 0.25) is 0 Å². The topological polar surface area (TPSA) is 15.3 Å². The fourth-order valence-corrected chi connectivity index (χ4v) is 3.06. The zero-order chi connectivity index (χ0) is 12.8. The highest BCUT2D eigenvalue weighted by molar-refractivity contribution is 7.99. The summed E-state index contributed by atoms with van der Waals surface area (Å²) in [6.45, 7) is 6.60. The van der Waals surface area contributed by atoms with E-state index in [0.29, 0.717) is 6.04 Å². The zero-order valence-corrected chi connectivity index (χ0v) is 11.7. The largest absolute Gasteiger partial charge is 0.314 e. The van der Waals surface area contributed by atoms with Crippen LogP contribution in [0.25, 0.3) is 0 Å². The van der Waals surface area contributed by atoms with Gasteiger partial charge in [-0.1, -0.05) is 19.1 Å². The fourth-order valence-electron chi connectivity index (χ4n) is 2.13. The lowest BCUT2D eigenvalue weighted by Crippen LogP contribution is -2.57. The first-order chi connectivity index (χ1) is 8.81. The van der Waals surface area contributed by atoms with Crippen molar-refractivity contribution < 1.29 is 4.39 Å². The van der Waals surface area contributed by atoms with E-state index >= 15 is 0 Å². The number of benzene rings is 1. The maximum atomic E-state index is 13.5. The van der Waals surface area contributed by atoms with E-state index in [2.05, 4.69) is 17.1 Å². The van der Waals surface area contributed by atoms with Gasteiger partial charge >= 0.3 is 0 Å². The van der Waals surface area contributed by atoms with E-state index in [1.165, 1.54) is 12.5 Å². The van der Waals surface area contributed by atoms with Gasteiger partial charge in [0.15, 0.2) is 0 Å². The molecule has 100 valence electrons. The van der Waals surface area contributed by atoms with Crippen molar-refractivity contribution in [2.75, 3.05) is 31.9 Å². The van der Waals surface area contributed by atoms with E-state index in [1.807, 2.05) is 12.1 Å². The standard InChI is InChI=1S/C14H21FN2S/c1-2-7-17(12-10-16-11-12)8-9-18-14-6-4-3-5-13(14)15/h3-6,12,16H,2,7-11H2,1H3. The number of nitrogens with zero attached hydrogens (tertiary/aromatic N) is 1. The monoisotopic (exact) mass is 268 g/mol. The molecule has 0 unspecified atom stereocenters. The summed E-state index contributed by atoms with van der Waals surface area (Å²) in [5, 5.41) is 3.31. The molecule has 1 aromatic rings. The minimum atomic E-state index is -0.102. The molecule has 1 saturated heterocycles. The molecule has 0 amide bonds. The average molecular weight is 268 g/mol. The SMILES string of the molecule is CCCN(CCSc1ccccc1F)C1CNC1. The molecule has 1 aliphatic heterocycles. The molecule has 0 saturated carbocycles. The van der Waals surface area contributed by atoms with Crippen molar-refractivity contribution in [1.82, 2.24) is 10.2 Å². The maximum absolute atomic E-state index is 13.5. The Hall–Kier alpha value is -0.580. The second kappa shape index (κ2) is 7.12. The summed E-state index contributed by atoms with van der Waals surface area (Å²) >= 11 is 1.62. The first-order valence-corrected chi connectivity index (χ1v) is 7.62. The Balaban J connectivity index is 1.77. The number of nitrogens with one attached hydrogen (secondary N) is 1. The van der Waals surface area contributed by atoms with Crippen molar-refractivity contribution in [2.24, 2.45) is 0 Å². The summed E-state index contributed by atoms with van der Waals surface area (Å²) in [6.07, 6.45) is 1.18. The second-order valence-electron chi connectivity index (χ2n) is 4.63. The first-order valence-electron chi connectivity index (χ1n) is 6.63. The summed E-state index contributed by atoms with van der Waals surface area (Å²) in [5.74, 6) is 0.854. The van der Waals surface area contributed by atoms with Crippen LogP contribution in [0.5, 0.6) is 0 Å². The normalized spacial score (nSPS) is 15.9. The molecule has 0 bridgehead atoms. The minimum Gasteiger partial charge on any atom is -0.314 e.